The van der Waals surface area contributed by atoms with E-state index in [9.17, 15) is 18.0 Å². The van der Waals surface area contributed by atoms with Gasteiger partial charge in [0.25, 0.3) is 9.05 Å². The van der Waals surface area contributed by atoms with Gasteiger partial charge in [-0.25, -0.2) is 18.0 Å². The SMILES string of the molecule is CC(=CC(=C(C)C(=O)O)S(=O)(=O)Cl)C(=O)O. The lowest BCUT2D eigenvalue weighted by molar-refractivity contribution is -0.133. The molecule has 16 heavy (non-hydrogen) atoms. The number of hydrogen-bond acceptors (Lipinski definition) is 4. The van der Waals surface area contributed by atoms with E-state index < -0.39 is 31.5 Å². The van der Waals surface area contributed by atoms with E-state index in [4.69, 9.17) is 20.9 Å². The molecule has 0 atom stereocenters. The molecule has 0 heterocycles. The highest BCUT2D eigenvalue weighted by Gasteiger charge is 2.20. The first-order valence-electron chi connectivity index (χ1n) is 3.87. The van der Waals surface area contributed by atoms with Crippen molar-refractivity contribution in [3.63, 3.8) is 0 Å². The predicted octanol–water partition coefficient (Wildman–Crippen LogP) is 0.945. The molecule has 0 aliphatic heterocycles. The maximum Gasteiger partial charge on any atom is 0.332 e. The first-order valence-corrected chi connectivity index (χ1v) is 6.18. The largest absolute Gasteiger partial charge is 0.478 e. The molecule has 0 fully saturated rings. The van der Waals surface area contributed by atoms with Gasteiger partial charge in [0.15, 0.2) is 0 Å². The zero-order valence-electron chi connectivity index (χ0n) is 8.39. The molecule has 0 unspecified atom stereocenters. The average molecular weight is 269 g/mol. The molecule has 0 bridgehead atoms. The van der Waals surface area contributed by atoms with Crippen LogP contribution in [-0.2, 0) is 18.6 Å². The molecule has 0 saturated heterocycles. The second-order valence-electron chi connectivity index (χ2n) is 2.86. The lowest BCUT2D eigenvalue weighted by atomic mass is 10.2. The van der Waals surface area contributed by atoms with Gasteiger partial charge in [0.2, 0.25) is 0 Å². The van der Waals surface area contributed by atoms with E-state index in [-0.39, 0.29) is 5.57 Å². The van der Waals surface area contributed by atoms with E-state index in [1.54, 1.807) is 0 Å². The molecule has 8 heteroatoms. The van der Waals surface area contributed by atoms with Crippen LogP contribution in [0.15, 0.2) is 22.1 Å². The first-order chi connectivity index (χ1) is 7.07. The molecule has 0 aromatic heterocycles. The van der Waals surface area contributed by atoms with Gasteiger partial charge in [-0.1, -0.05) is 0 Å². The van der Waals surface area contributed by atoms with E-state index in [1.807, 2.05) is 0 Å². The van der Waals surface area contributed by atoms with Gasteiger partial charge >= 0.3 is 11.9 Å². The van der Waals surface area contributed by atoms with Gasteiger partial charge in [-0.05, 0) is 19.9 Å². The summed E-state index contributed by atoms with van der Waals surface area (Å²) < 4.78 is 22.1. The highest BCUT2D eigenvalue weighted by Crippen LogP contribution is 2.20. The van der Waals surface area contributed by atoms with E-state index in [0.717, 1.165) is 13.8 Å². The van der Waals surface area contributed by atoms with Gasteiger partial charge in [0, 0.05) is 16.3 Å². The first kappa shape index (κ1) is 14.7. The molecule has 0 aromatic rings. The Morgan fingerprint density at radius 2 is 1.56 bits per heavy atom. The summed E-state index contributed by atoms with van der Waals surface area (Å²) in [5.41, 5.74) is -0.879. The van der Waals surface area contributed by atoms with Crippen molar-refractivity contribution in [2.24, 2.45) is 0 Å². The van der Waals surface area contributed by atoms with Gasteiger partial charge < -0.3 is 10.2 Å². The monoisotopic (exact) mass is 268 g/mol. The summed E-state index contributed by atoms with van der Waals surface area (Å²) in [7, 11) is 0.694. The fourth-order valence-electron chi connectivity index (χ4n) is 0.725. The number of halogens is 1. The lowest BCUT2D eigenvalue weighted by Crippen LogP contribution is -2.07. The molecule has 6 nitrogen and oxygen atoms in total. The minimum absolute atomic E-state index is 0.333. The van der Waals surface area contributed by atoms with Gasteiger partial charge in [0.05, 0.1) is 10.5 Å². The van der Waals surface area contributed by atoms with Crippen LogP contribution in [0.3, 0.4) is 0 Å². The molecule has 2 N–H and O–H groups in total. The molecular weight excluding hydrogens is 260 g/mol. The minimum atomic E-state index is -4.31. The number of rotatable bonds is 4. The number of hydrogen-bond donors (Lipinski definition) is 2. The standard InChI is InChI=1S/C8H9ClO6S/c1-4(7(10)11)3-6(16(9,14)15)5(2)8(12)13/h3H,1-2H3,(H,10,11)(H,12,13). The Kier molecular flexibility index (Phi) is 4.70. The summed E-state index contributed by atoms with van der Waals surface area (Å²) in [6.45, 7) is 2.14. The highest BCUT2D eigenvalue weighted by atomic mass is 35.7. The Hall–Kier alpha value is -1.34. The van der Waals surface area contributed by atoms with Crippen LogP contribution in [0.5, 0.6) is 0 Å². The van der Waals surface area contributed by atoms with Crippen molar-refractivity contribution in [3.05, 3.63) is 22.1 Å². The van der Waals surface area contributed by atoms with Crippen molar-refractivity contribution in [1.82, 2.24) is 0 Å². The Morgan fingerprint density at radius 1 is 1.12 bits per heavy atom. The van der Waals surface area contributed by atoms with Gasteiger partial charge in [0.1, 0.15) is 0 Å². The van der Waals surface area contributed by atoms with Crippen molar-refractivity contribution >= 4 is 31.7 Å². The van der Waals surface area contributed by atoms with E-state index in [1.165, 1.54) is 0 Å². The third kappa shape index (κ3) is 4.03. The molecule has 90 valence electrons. The maximum atomic E-state index is 11.0. The van der Waals surface area contributed by atoms with Gasteiger partial charge in [-0.3, -0.25) is 0 Å². The quantitative estimate of drug-likeness (QED) is 0.446. The summed E-state index contributed by atoms with van der Waals surface area (Å²) >= 11 is 0. The lowest BCUT2D eigenvalue weighted by Gasteiger charge is -2.02. The summed E-state index contributed by atoms with van der Waals surface area (Å²) in [6.07, 6.45) is 0.702. The Morgan fingerprint density at radius 3 is 1.81 bits per heavy atom. The smallest absolute Gasteiger partial charge is 0.332 e. The van der Waals surface area contributed by atoms with Gasteiger partial charge in [-0.15, -0.1) is 0 Å². The van der Waals surface area contributed by atoms with Crippen molar-refractivity contribution < 1.29 is 28.2 Å². The summed E-state index contributed by atoms with van der Waals surface area (Å²) in [4.78, 5) is 20.3. The van der Waals surface area contributed by atoms with Crippen molar-refractivity contribution in [3.8, 4) is 0 Å². The number of carboxylic acid groups (broad SMARTS) is 2. The van der Waals surface area contributed by atoms with Crippen LogP contribution in [0.25, 0.3) is 0 Å². The Bertz CT molecular complexity index is 485. The molecule has 0 aliphatic carbocycles. The third-order valence-electron chi connectivity index (χ3n) is 1.64. The van der Waals surface area contributed by atoms with Crippen molar-refractivity contribution in [1.29, 1.82) is 0 Å². The highest BCUT2D eigenvalue weighted by molar-refractivity contribution is 8.17. The zero-order valence-corrected chi connectivity index (χ0v) is 9.96. The molecule has 0 spiro atoms. The molecule has 0 amide bonds. The number of carboxylic acids is 2. The van der Waals surface area contributed by atoms with Crippen LogP contribution < -0.4 is 0 Å². The number of allylic oxidation sites excluding steroid dienone is 1. The van der Waals surface area contributed by atoms with Crippen molar-refractivity contribution in [2.45, 2.75) is 13.8 Å². The summed E-state index contributed by atoms with van der Waals surface area (Å²) in [5.74, 6) is -2.86. The summed E-state index contributed by atoms with van der Waals surface area (Å²) in [6, 6.07) is 0. The van der Waals surface area contributed by atoms with Crippen LogP contribution in [0, 0.1) is 0 Å². The minimum Gasteiger partial charge on any atom is -0.478 e. The van der Waals surface area contributed by atoms with Crippen LogP contribution in [0.1, 0.15) is 13.8 Å². The fraction of sp³-hybridized carbons (Fsp3) is 0.250. The van der Waals surface area contributed by atoms with E-state index in [2.05, 4.69) is 0 Å². The average Bonchev–Trinajstić information content (AvgIpc) is 2.10. The fourth-order valence-corrected chi connectivity index (χ4v) is 1.98. The second kappa shape index (κ2) is 5.13. The molecule has 0 aliphatic rings. The second-order valence-corrected chi connectivity index (χ2v) is 5.40. The van der Waals surface area contributed by atoms with Crippen LogP contribution in [-0.4, -0.2) is 30.6 Å². The topological polar surface area (TPSA) is 109 Å². The Labute approximate surface area is 96.3 Å². The van der Waals surface area contributed by atoms with E-state index >= 15 is 0 Å². The van der Waals surface area contributed by atoms with Crippen LogP contribution in [0.4, 0.5) is 0 Å². The van der Waals surface area contributed by atoms with E-state index in [0.29, 0.717) is 6.08 Å². The molecule has 0 aromatic carbocycles. The molecular formula is C8H9ClO6S. The number of aliphatic carboxylic acids is 2. The van der Waals surface area contributed by atoms with Crippen molar-refractivity contribution in [2.75, 3.05) is 0 Å². The van der Waals surface area contributed by atoms with Crippen LogP contribution in [0.2, 0.25) is 0 Å². The van der Waals surface area contributed by atoms with Crippen LogP contribution >= 0.6 is 10.7 Å². The number of carbonyl (C=O) groups is 2. The molecule has 0 radical (unpaired) electrons. The maximum absolute atomic E-state index is 11.0. The zero-order chi connectivity index (χ0) is 13.1. The third-order valence-corrected chi connectivity index (χ3v) is 3.09. The normalized spacial score (nSPS) is 14.3. The molecule has 0 rings (SSSR count). The summed E-state index contributed by atoms with van der Waals surface area (Å²) in [5, 5.41) is 17.2. The van der Waals surface area contributed by atoms with Gasteiger partial charge in [-0.2, -0.15) is 0 Å². The Balaban J connectivity index is 5.86. The predicted molar refractivity (Wildman–Crippen MR) is 56.5 cm³/mol. The molecule has 0 saturated carbocycles.